The molecule has 1 aromatic rings. The van der Waals surface area contributed by atoms with Crippen molar-refractivity contribution in [3.05, 3.63) is 16.4 Å². The molecule has 18 heavy (non-hydrogen) atoms. The Balaban J connectivity index is 2.16. The van der Waals surface area contributed by atoms with Crippen LogP contribution in [0, 0.1) is 18.8 Å². The molecule has 1 aliphatic rings. The summed E-state index contributed by atoms with van der Waals surface area (Å²) in [5.41, 5.74) is 1.67. The smallest absolute Gasteiger partial charge is 0.143 e. The topological polar surface area (TPSA) is 46.9 Å². The molecule has 2 heterocycles. The van der Waals surface area contributed by atoms with Gasteiger partial charge < -0.3 is 5.32 Å². The summed E-state index contributed by atoms with van der Waals surface area (Å²) in [7, 11) is 0. The van der Waals surface area contributed by atoms with Crippen molar-refractivity contribution < 1.29 is 4.79 Å². The van der Waals surface area contributed by atoms with Crippen LogP contribution < -0.4 is 5.32 Å². The number of aromatic nitrogens is 2. The van der Waals surface area contributed by atoms with Gasteiger partial charge in [-0.3, -0.25) is 9.48 Å². The van der Waals surface area contributed by atoms with Crippen LogP contribution in [0.25, 0.3) is 0 Å². The normalized spacial score (nSPS) is 23.6. The van der Waals surface area contributed by atoms with Gasteiger partial charge in [-0.15, -0.1) is 0 Å². The molecule has 1 N–H and O–H groups in total. The molecule has 4 nitrogen and oxygen atoms in total. The monoisotopic (exact) mass is 269 g/mol. The highest BCUT2D eigenvalue weighted by molar-refractivity contribution is 6.32. The van der Waals surface area contributed by atoms with Gasteiger partial charge in [-0.1, -0.05) is 18.5 Å². The number of carbonyl (C=O) groups is 1. The Morgan fingerprint density at radius 2 is 2.28 bits per heavy atom. The fraction of sp³-hybridized carbons (Fsp3) is 0.692. The Labute approximate surface area is 113 Å². The number of aryl methyl sites for hydroxylation is 2. The molecule has 0 saturated carbocycles. The van der Waals surface area contributed by atoms with Crippen LogP contribution in [0.1, 0.15) is 25.2 Å². The third-order valence-corrected chi connectivity index (χ3v) is 4.22. The van der Waals surface area contributed by atoms with Crippen LogP contribution in [0.5, 0.6) is 0 Å². The highest BCUT2D eigenvalue weighted by Crippen LogP contribution is 2.24. The van der Waals surface area contributed by atoms with Crippen molar-refractivity contribution in [1.29, 1.82) is 0 Å². The molecule has 2 atom stereocenters. The lowest BCUT2D eigenvalue weighted by molar-refractivity contribution is -0.122. The van der Waals surface area contributed by atoms with E-state index in [9.17, 15) is 4.79 Å². The standard InChI is InChI=1S/C13H20ClN3O/c1-4-17-11(13(14)9(3)16-17)5-12(18)10-7-15-6-8(10)2/h8,10,15H,4-7H2,1-3H3. The van der Waals surface area contributed by atoms with Crippen molar-refractivity contribution in [3.8, 4) is 0 Å². The number of nitrogens with one attached hydrogen (secondary N) is 1. The Morgan fingerprint density at radius 3 is 2.83 bits per heavy atom. The van der Waals surface area contributed by atoms with Gasteiger partial charge in [0.15, 0.2) is 0 Å². The Morgan fingerprint density at radius 1 is 1.56 bits per heavy atom. The van der Waals surface area contributed by atoms with Crippen molar-refractivity contribution >= 4 is 17.4 Å². The first-order valence-electron chi connectivity index (χ1n) is 6.49. The number of nitrogens with zero attached hydrogens (tertiary/aromatic N) is 2. The molecule has 0 aliphatic carbocycles. The van der Waals surface area contributed by atoms with Gasteiger partial charge in [-0.05, 0) is 26.3 Å². The molecule has 0 amide bonds. The molecule has 1 aromatic heterocycles. The van der Waals surface area contributed by atoms with E-state index in [1.165, 1.54) is 0 Å². The second-order valence-corrected chi connectivity index (χ2v) is 5.42. The molecular weight excluding hydrogens is 250 g/mol. The molecular formula is C13H20ClN3O. The molecule has 2 unspecified atom stereocenters. The molecule has 1 aliphatic heterocycles. The number of Topliss-reactive ketones (excluding diaryl/α,β-unsaturated/α-hetero) is 1. The number of carbonyl (C=O) groups excluding carboxylic acids is 1. The summed E-state index contributed by atoms with van der Waals surface area (Å²) < 4.78 is 1.84. The number of ketones is 1. The molecule has 0 aromatic carbocycles. The molecule has 1 saturated heterocycles. The maximum Gasteiger partial charge on any atom is 0.143 e. The van der Waals surface area contributed by atoms with Crippen molar-refractivity contribution in [1.82, 2.24) is 15.1 Å². The average molecular weight is 270 g/mol. The predicted octanol–water partition coefficient (Wildman–Crippen LogP) is 1.83. The lowest BCUT2D eigenvalue weighted by Gasteiger charge is -2.13. The van der Waals surface area contributed by atoms with E-state index >= 15 is 0 Å². The zero-order valence-corrected chi connectivity index (χ0v) is 11.9. The average Bonchev–Trinajstić information content (AvgIpc) is 2.87. The zero-order chi connectivity index (χ0) is 13.3. The third-order valence-electron chi connectivity index (χ3n) is 3.73. The highest BCUT2D eigenvalue weighted by atomic mass is 35.5. The fourth-order valence-corrected chi connectivity index (χ4v) is 2.78. The summed E-state index contributed by atoms with van der Waals surface area (Å²) in [6.45, 7) is 8.47. The molecule has 5 heteroatoms. The van der Waals surface area contributed by atoms with Crippen molar-refractivity contribution in [2.75, 3.05) is 13.1 Å². The SMILES string of the molecule is CCn1nc(C)c(Cl)c1CC(=O)C1CNCC1C. The summed E-state index contributed by atoms with van der Waals surface area (Å²) in [6, 6.07) is 0. The molecule has 0 spiro atoms. The predicted molar refractivity (Wildman–Crippen MR) is 71.9 cm³/mol. The first kappa shape index (κ1) is 13.6. The second-order valence-electron chi connectivity index (χ2n) is 5.05. The van der Waals surface area contributed by atoms with Crippen molar-refractivity contribution in [2.24, 2.45) is 11.8 Å². The van der Waals surface area contributed by atoms with Gasteiger partial charge in [0.1, 0.15) is 5.78 Å². The van der Waals surface area contributed by atoms with E-state index in [0.717, 1.165) is 31.0 Å². The number of halogens is 1. The summed E-state index contributed by atoms with van der Waals surface area (Å²) in [6.07, 6.45) is 0.393. The van der Waals surface area contributed by atoms with E-state index in [4.69, 9.17) is 11.6 Å². The van der Waals surface area contributed by atoms with Crippen LogP contribution in [0.2, 0.25) is 5.02 Å². The maximum atomic E-state index is 12.3. The second kappa shape index (κ2) is 5.41. The van der Waals surface area contributed by atoms with E-state index in [1.807, 2.05) is 18.5 Å². The quantitative estimate of drug-likeness (QED) is 0.907. The van der Waals surface area contributed by atoms with Crippen LogP contribution >= 0.6 is 11.6 Å². The summed E-state index contributed by atoms with van der Waals surface area (Å²) >= 11 is 6.23. The van der Waals surface area contributed by atoms with Crippen LogP contribution in [0.3, 0.4) is 0 Å². The summed E-state index contributed by atoms with van der Waals surface area (Å²) in [5.74, 6) is 0.793. The van der Waals surface area contributed by atoms with Gasteiger partial charge >= 0.3 is 0 Å². The first-order valence-corrected chi connectivity index (χ1v) is 6.87. The lowest BCUT2D eigenvalue weighted by Crippen LogP contribution is -2.24. The minimum atomic E-state index is 0.113. The number of hydrogen-bond donors (Lipinski definition) is 1. The van der Waals surface area contributed by atoms with Gasteiger partial charge in [0.05, 0.1) is 22.8 Å². The third kappa shape index (κ3) is 2.45. The molecule has 100 valence electrons. The number of hydrogen-bond acceptors (Lipinski definition) is 3. The summed E-state index contributed by atoms with van der Waals surface area (Å²) in [5, 5.41) is 8.25. The minimum absolute atomic E-state index is 0.113. The van der Waals surface area contributed by atoms with Crippen LogP contribution in [-0.2, 0) is 17.8 Å². The van der Waals surface area contributed by atoms with Crippen molar-refractivity contribution in [2.45, 2.75) is 33.7 Å². The minimum Gasteiger partial charge on any atom is -0.316 e. The van der Waals surface area contributed by atoms with Gasteiger partial charge in [-0.2, -0.15) is 5.10 Å². The van der Waals surface area contributed by atoms with Crippen LogP contribution in [0.15, 0.2) is 0 Å². The van der Waals surface area contributed by atoms with Gasteiger partial charge in [0.25, 0.3) is 0 Å². The zero-order valence-electron chi connectivity index (χ0n) is 11.2. The molecule has 0 radical (unpaired) electrons. The molecule has 2 rings (SSSR count). The molecule has 1 fully saturated rings. The van der Waals surface area contributed by atoms with E-state index in [0.29, 0.717) is 17.4 Å². The Bertz CT molecular complexity index is 455. The van der Waals surface area contributed by atoms with Crippen LogP contribution in [-0.4, -0.2) is 28.7 Å². The van der Waals surface area contributed by atoms with E-state index in [2.05, 4.69) is 17.3 Å². The van der Waals surface area contributed by atoms with Gasteiger partial charge in [-0.25, -0.2) is 0 Å². The first-order chi connectivity index (χ1) is 8.54. The van der Waals surface area contributed by atoms with Gasteiger partial charge in [0.2, 0.25) is 0 Å². The Hall–Kier alpha value is -0.870. The Kier molecular flexibility index (Phi) is 4.07. The van der Waals surface area contributed by atoms with E-state index in [-0.39, 0.29) is 11.7 Å². The van der Waals surface area contributed by atoms with Crippen molar-refractivity contribution in [3.63, 3.8) is 0 Å². The molecule has 0 bridgehead atoms. The van der Waals surface area contributed by atoms with E-state index < -0.39 is 0 Å². The van der Waals surface area contributed by atoms with Crippen LogP contribution in [0.4, 0.5) is 0 Å². The highest BCUT2D eigenvalue weighted by Gasteiger charge is 2.30. The van der Waals surface area contributed by atoms with E-state index in [1.54, 1.807) is 0 Å². The number of rotatable bonds is 4. The fourth-order valence-electron chi connectivity index (χ4n) is 2.58. The summed E-state index contributed by atoms with van der Waals surface area (Å²) in [4.78, 5) is 12.3. The van der Waals surface area contributed by atoms with Gasteiger partial charge in [0, 0.05) is 19.0 Å². The maximum absolute atomic E-state index is 12.3. The lowest BCUT2D eigenvalue weighted by atomic mass is 9.91. The largest absolute Gasteiger partial charge is 0.316 e.